The van der Waals surface area contributed by atoms with Gasteiger partial charge in [-0.25, -0.2) is 18.4 Å². The van der Waals surface area contributed by atoms with Crippen LogP contribution >= 0.6 is 0 Å². The van der Waals surface area contributed by atoms with Crippen LogP contribution in [-0.2, 0) is 19.6 Å². The number of nitrogens with zero attached hydrogens (tertiary/aromatic N) is 1. The van der Waals surface area contributed by atoms with Crippen molar-refractivity contribution in [1.29, 1.82) is 0 Å². The lowest BCUT2D eigenvalue weighted by Gasteiger charge is -2.10. The van der Waals surface area contributed by atoms with Gasteiger partial charge in [-0.05, 0) is 68.0 Å². The summed E-state index contributed by atoms with van der Waals surface area (Å²) in [6.45, 7) is 3.14. The van der Waals surface area contributed by atoms with Crippen molar-refractivity contribution < 1.29 is 32.2 Å². The minimum absolute atomic E-state index is 0.00642. The van der Waals surface area contributed by atoms with Crippen molar-refractivity contribution in [2.24, 2.45) is 5.14 Å². The third-order valence-electron chi connectivity index (χ3n) is 5.32. The lowest BCUT2D eigenvalue weighted by Crippen LogP contribution is -2.13. The zero-order valence-electron chi connectivity index (χ0n) is 19.8. The minimum atomic E-state index is -3.80. The molecule has 1 heterocycles. The number of hydrogen-bond acceptors (Lipinski definition) is 7. The standard InChI is InChI=1S/C25H26N2O7S/c1-16-13-21(17(2)27(16)19-7-9-20(10-8-19)35(26,30)31)22(28)15-34-25(29)12-6-18-5-11-23(32-3)24(14-18)33-4/h5-14H,15H2,1-4H3,(H2,26,30,31)/b12-6+. The molecule has 0 radical (unpaired) electrons. The van der Waals surface area contributed by atoms with Gasteiger partial charge in [-0.15, -0.1) is 0 Å². The molecule has 0 aliphatic carbocycles. The highest BCUT2D eigenvalue weighted by atomic mass is 32.2. The molecule has 0 fully saturated rings. The van der Waals surface area contributed by atoms with Gasteiger partial charge >= 0.3 is 5.97 Å². The van der Waals surface area contributed by atoms with Gasteiger partial charge in [0.25, 0.3) is 0 Å². The van der Waals surface area contributed by atoms with Gasteiger partial charge in [-0.1, -0.05) is 6.07 Å². The number of ketones is 1. The number of carbonyl (C=O) groups excluding carboxylic acids is 2. The molecule has 35 heavy (non-hydrogen) atoms. The van der Waals surface area contributed by atoms with E-state index in [1.807, 2.05) is 6.92 Å². The van der Waals surface area contributed by atoms with Gasteiger partial charge in [0.05, 0.1) is 19.1 Å². The van der Waals surface area contributed by atoms with Crippen molar-refractivity contribution in [3.05, 3.63) is 77.1 Å². The Hall–Kier alpha value is -3.89. The normalized spacial score (nSPS) is 11.5. The van der Waals surface area contributed by atoms with Gasteiger partial charge < -0.3 is 18.8 Å². The number of esters is 1. The van der Waals surface area contributed by atoms with Crippen LogP contribution in [-0.4, -0.2) is 45.6 Å². The predicted molar refractivity (Wildman–Crippen MR) is 130 cm³/mol. The Labute approximate surface area is 203 Å². The van der Waals surface area contributed by atoms with Crippen molar-refractivity contribution >= 4 is 27.9 Å². The first-order chi connectivity index (χ1) is 16.5. The fourth-order valence-electron chi connectivity index (χ4n) is 3.61. The molecule has 9 nitrogen and oxygen atoms in total. The Balaban J connectivity index is 1.69. The summed E-state index contributed by atoms with van der Waals surface area (Å²) in [6, 6.07) is 12.9. The Kier molecular flexibility index (Phi) is 7.78. The summed E-state index contributed by atoms with van der Waals surface area (Å²) in [6.07, 6.45) is 2.77. The third kappa shape index (κ3) is 5.97. The van der Waals surface area contributed by atoms with Crippen LogP contribution in [0.4, 0.5) is 0 Å². The molecule has 3 aromatic rings. The highest BCUT2D eigenvalue weighted by Gasteiger charge is 2.18. The topological polar surface area (TPSA) is 127 Å². The van der Waals surface area contributed by atoms with E-state index in [0.29, 0.717) is 34.0 Å². The van der Waals surface area contributed by atoms with E-state index in [2.05, 4.69) is 0 Å². The third-order valence-corrected chi connectivity index (χ3v) is 6.25. The van der Waals surface area contributed by atoms with Crippen LogP contribution in [0.3, 0.4) is 0 Å². The number of nitrogens with two attached hydrogens (primary N) is 1. The monoisotopic (exact) mass is 498 g/mol. The van der Waals surface area contributed by atoms with E-state index >= 15 is 0 Å². The maximum atomic E-state index is 12.7. The van der Waals surface area contributed by atoms with Crippen LogP contribution in [0.5, 0.6) is 11.5 Å². The molecule has 0 spiro atoms. The van der Waals surface area contributed by atoms with Gasteiger partial charge in [-0.2, -0.15) is 0 Å². The molecular formula is C25H26N2O7S. The highest BCUT2D eigenvalue weighted by molar-refractivity contribution is 7.89. The number of aromatic nitrogens is 1. The van der Waals surface area contributed by atoms with Gasteiger partial charge in [-0.3, -0.25) is 4.79 Å². The molecule has 0 amide bonds. The summed E-state index contributed by atoms with van der Waals surface area (Å²) < 4.78 is 40.3. The first-order valence-corrected chi connectivity index (χ1v) is 12.0. The maximum absolute atomic E-state index is 12.7. The molecule has 0 atom stereocenters. The van der Waals surface area contributed by atoms with Crippen LogP contribution in [0.1, 0.15) is 27.3 Å². The van der Waals surface area contributed by atoms with E-state index in [0.717, 1.165) is 5.69 Å². The number of Topliss-reactive ketones (excluding diaryl/α,β-unsaturated/α-hetero) is 1. The summed E-state index contributed by atoms with van der Waals surface area (Å²) >= 11 is 0. The summed E-state index contributed by atoms with van der Waals surface area (Å²) in [5, 5.41) is 5.15. The van der Waals surface area contributed by atoms with Crippen molar-refractivity contribution in [2.75, 3.05) is 20.8 Å². The zero-order valence-corrected chi connectivity index (χ0v) is 20.6. The number of carbonyl (C=O) groups is 2. The Morgan fingerprint density at radius 3 is 2.23 bits per heavy atom. The second kappa shape index (κ2) is 10.6. The average Bonchev–Trinajstić information content (AvgIpc) is 3.14. The van der Waals surface area contributed by atoms with E-state index in [1.54, 1.807) is 54.0 Å². The van der Waals surface area contributed by atoms with Crippen molar-refractivity contribution in [1.82, 2.24) is 4.57 Å². The number of hydrogen-bond donors (Lipinski definition) is 1. The molecule has 0 aliphatic heterocycles. The zero-order chi connectivity index (χ0) is 25.8. The van der Waals surface area contributed by atoms with Crippen LogP contribution in [0.15, 0.2) is 59.5 Å². The molecular weight excluding hydrogens is 472 g/mol. The van der Waals surface area contributed by atoms with Crippen LogP contribution < -0.4 is 14.6 Å². The number of ether oxygens (including phenoxy) is 3. The van der Waals surface area contributed by atoms with Gasteiger partial charge in [0.1, 0.15) is 0 Å². The highest BCUT2D eigenvalue weighted by Crippen LogP contribution is 2.28. The second-order valence-corrected chi connectivity index (χ2v) is 9.20. The number of rotatable bonds is 9. The molecule has 2 aromatic carbocycles. The maximum Gasteiger partial charge on any atom is 0.331 e. The van der Waals surface area contributed by atoms with E-state index in [9.17, 15) is 18.0 Å². The summed E-state index contributed by atoms with van der Waals surface area (Å²) in [7, 11) is -0.758. The number of primary sulfonamides is 1. The first-order valence-electron chi connectivity index (χ1n) is 10.5. The molecule has 10 heteroatoms. The predicted octanol–water partition coefficient (Wildman–Crippen LogP) is 3.20. The SMILES string of the molecule is COc1ccc(/C=C/C(=O)OCC(=O)c2cc(C)n(-c3ccc(S(N)(=O)=O)cc3)c2C)cc1OC. The Bertz CT molecular complexity index is 1390. The molecule has 0 saturated heterocycles. The minimum Gasteiger partial charge on any atom is -0.493 e. The Morgan fingerprint density at radius 1 is 0.971 bits per heavy atom. The van der Waals surface area contributed by atoms with Gasteiger partial charge in [0, 0.05) is 28.7 Å². The largest absolute Gasteiger partial charge is 0.493 e. The molecule has 1 aromatic heterocycles. The average molecular weight is 499 g/mol. The quantitative estimate of drug-likeness (QED) is 0.273. The van der Waals surface area contributed by atoms with E-state index < -0.39 is 22.6 Å². The molecule has 0 aliphatic rings. The molecule has 0 bridgehead atoms. The lowest BCUT2D eigenvalue weighted by atomic mass is 10.1. The van der Waals surface area contributed by atoms with Crippen LogP contribution in [0.25, 0.3) is 11.8 Å². The number of methoxy groups -OCH3 is 2. The van der Waals surface area contributed by atoms with Crippen molar-refractivity contribution in [2.45, 2.75) is 18.7 Å². The van der Waals surface area contributed by atoms with Gasteiger partial charge in [0.2, 0.25) is 15.8 Å². The molecule has 184 valence electrons. The van der Waals surface area contributed by atoms with E-state index in [4.69, 9.17) is 19.3 Å². The summed E-state index contributed by atoms with van der Waals surface area (Å²) in [4.78, 5) is 24.9. The van der Waals surface area contributed by atoms with E-state index in [-0.39, 0.29) is 10.7 Å². The van der Waals surface area contributed by atoms with Crippen molar-refractivity contribution in [3.63, 3.8) is 0 Å². The fraction of sp³-hybridized carbons (Fsp3) is 0.200. The summed E-state index contributed by atoms with van der Waals surface area (Å²) in [5.74, 6) is 0.0579. The second-order valence-electron chi connectivity index (χ2n) is 7.64. The van der Waals surface area contributed by atoms with Gasteiger partial charge in [0.15, 0.2) is 18.1 Å². The number of sulfonamides is 1. The lowest BCUT2D eigenvalue weighted by molar-refractivity contribution is -0.136. The number of aryl methyl sites for hydroxylation is 1. The molecule has 0 unspecified atom stereocenters. The first kappa shape index (κ1) is 25.7. The number of benzene rings is 2. The fourth-order valence-corrected chi connectivity index (χ4v) is 4.13. The molecule has 3 rings (SSSR count). The summed E-state index contributed by atoms with van der Waals surface area (Å²) in [5.41, 5.74) is 3.15. The smallest absolute Gasteiger partial charge is 0.331 e. The van der Waals surface area contributed by atoms with Crippen LogP contribution in [0, 0.1) is 13.8 Å². The van der Waals surface area contributed by atoms with Crippen LogP contribution in [0.2, 0.25) is 0 Å². The van der Waals surface area contributed by atoms with E-state index in [1.165, 1.54) is 32.4 Å². The Morgan fingerprint density at radius 2 is 1.63 bits per heavy atom. The van der Waals surface area contributed by atoms with Crippen molar-refractivity contribution in [3.8, 4) is 17.2 Å². The molecule has 0 saturated carbocycles. The molecule has 2 N–H and O–H groups in total.